The summed E-state index contributed by atoms with van der Waals surface area (Å²) in [6.07, 6.45) is 0. The molecule has 0 saturated heterocycles. The Hall–Kier alpha value is -5.64. The van der Waals surface area contributed by atoms with Gasteiger partial charge in [0.2, 0.25) is 0 Å². The maximum absolute atomic E-state index is 15.1. The minimum atomic E-state index is -1.51. The van der Waals surface area contributed by atoms with E-state index in [1.54, 1.807) is 36.4 Å². The van der Waals surface area contributed by atoms with Crippen LogP contribution in [0.4, 0.5) is 30.4 Å². The molecule has 0 spiro atoms. The molecule has 0 saturated carbocycles. The molecular formula is C34H23F3IN5O5. The predicted molar refractivity (Wildman–Crippen MR) is 183 cm³/mol. The maximum atomic E-state index is 15.1. The Morgan fingerprint density at radius 3 is 2.21 bits per heavy atom. The predicted octanol–water partition coefficient (Wildman–Crippen LogP) is 5.87. The van der Waals surface area contributed by atoms with Crippen molar-refractivity contribution >= 4 is 56.6 Å². The molecule has 4 aromatic carbocycles. The lowest BCUT2D eigenvalue weighted by molar-refractivity contribution is 0.102. The number of fused-ring (bicyclic) bond motifs is 1. The van der Waals surface area contributed by atoms with Crippen molar-refractivity contribution in [2.75, 3.05) is 10.6 Å². The van der Waals surface area contributed by atoms with Crippen LogP contribution in [-0.4, -0.2) is 24.7 Å². The summed E-state index contributed by atoms with van der Waals surface area (Å²) in [6, 6.07) is 19.6. The van der Waals surface area contributed by atoms with Crippen molar-refractivity contribution in [2.45, 2.75) is 6.92 Å². The number of aromatic nitrogens is 3. The van der Waals surface area contributed by atoms with Crippen LogP contribution >= 0.6 is 22.6 Å². The minimum absolute atomic E-state index is 0.0213. The van der Waals surface area contributed by atoms with E-state index in [1.165, 1.54) is 50.4 Å². The molecule has 242 valence electrons. The van der Waals surface area contributed by atoms with Crippen LogP contribution in [-0.2, 0) is 7.05 Å². The lowest BCUT2D eigenvalue weighted by Gasteiger charge is -2.21. The van der Waals surface area contributed by atoms with Gasteiger partial charge in [0.15, 0.2) is 17.4 Å². The number of hydrogen-bond acceptors (Lipinski definition) is 6. The number of benzene rings is 4. The number of hydrogen-bond donors (Lipinski definition) is 3. The van der Waals surface area contributed by atoms with Crippen LogP contribution in [0.25, 0.3) is 22.3 Å². The number of carbonyl (C=O) groups excluding carboxylic acids is 1. The third-order valence-electron chi connectivity index (χ3n) is 7.64. The van der Waals surface area contributed by atoms with Gasteiger partial charge in [0.25, 0.3) is 17.0 Å². The molecule has 0 radical (unpaired) electrons. The van der Waals surface area contributed by atoms with Gasteiger partial charge in [-0.25, -0.2) is 18.1 Å². The molecule has 14 heteroatoms. The molecular weight excluding hydrogens is 742 g/mol. The number of pyridine rings is 1. The molecule has 0 aliphatic rings. The van der Waals surface area contributed by atoms with Crippen molar-refractivity contribution in [3.8, 4) is 17.1 Å². The number of phenolic OH excluding ortho intramolecular Hbond substituents is 1. The number of halogens is 4. The van der Waals surface area contributed by atoms with Crippen molar-refractivity contribution in [3.05, 3.63) is 148 Å². The number of aryl methyl sites for hydroxylation is 1. The molecule has 0 aliphatic heterocycles. The van der Waals surface area contributed by atoms with Crippen LogP contribution in [0.2, 0.25) is 0 Å². The van der Waals surface area contributed by atoms with Gasteiger partial charge in [-0.15, -0.1) is 0 Å². The molecule has 0 bridgehead atoms. The van der Waals surface area contributed by atoms with E-state index in [0.717, 1.165) is 19.8 Å². The van der Waals surface area contributed by atoms with Crippen LogP contribution < -0.4 is 27.4 Å². The molecule has 2 heterocycles. The van der Waals surface area contributed by atoms with Gasteiger partial charge in [-0.2, -0.15) is 4.39 Å². The van der Waals surface area contributed by atoms with Crippen molar-refractivity contribution < 1.29 is 23.1 Å². The van der Waals surface area contributed by atoms with Gasteiger partial charge in [0.1, 0.15) is 17.0 Å². The Balaban J connectivity index is 1.63. The fourth-order valence-corrected chi connectivity index (χ4v) is 5.79. The van der Waals surface area contributed by atoms with Crippen LogP contribution in [0.5, 0.6) is 5.75 Å². The largest absolute Gasteiger partial charge is 0.505 e. The molecule has 6 rings (SSSR count). The number of nitrogens with zero attached hydrogens (tertiary/aromatic N) is 3. The van der Waals surface area contributed by atoms with Gasteiger partial charge in [-0.3, -0.25) is 23.5 Å². The first-order valence-electron chi connectivity index (χ1n) is 14.2. The first-order chi connectivity index (χ1) is 22.9. The van der Waals surface area contributed by atoms with Crippen molar-refractivity contribution in [1.29, 1.82) is 0 Å². The van der Waals surface area contributed by atoms with Crippen molar-refractivity contribution in [2.24, 2.45) is 7.05 Å². The summed E-state index contributed by atoms with van der Waals surface area (Å²) in [6.45, 7) is 1.45. The molecule has 48 heavy (non-hydrogen) atoms. The second-order valence-electron chi connectivity index (χ2n) is 10.7. The normalized spacial score (nSPS) is 11.1. The number of anilines is 3. The minimum Gasteiger partial charge on any atom is -0.505 e. The van der Waals surface area contributed by atoms with Gasteiger partial charge >= 0.3 is 5.69 Å². The topological polar surface area (TPSA) is 127 Å². The summed E-state index contributed by atoms with van der Waals surface area (Å²) in [4.78, 5) is 55.2. The first kappa shape index (κ1) is 32.3. The van der Waals surface area contributed by atoms with Crippen LogP contribution in [0.15, 0.2) is 99.3 Å². The van der Waals surface area contributed by atoms with Gasteiger partial charge in [0.05, 0.1) is 22.6 Å². The molecule has 0 aliphatic carbocycles. The summed E-state index contributed by atoms with van der Waals surface area (Å²) in [5.41, 5.74) is -2.23. The van der Waals surface area contributed by atoms with E-state index < -0.39 is 45.9 Å². The SMILES string of the molecule is Cc1c(=O)n(C)c(Nc2ccc(I)cc2F)c2c(=O)n(-c3ccccc3)c(=O)n(-c3cccc(NC(=O)c4cc(O)c(F)c(F)c4)c3)c12. The van der Waals surface area contributed by atoms with E-state index in [-0.39, 0.29) is 50.6 Å². The van der Waals surface area contributed by atoms with E-state index in [1.807, 2.05) is 22.6 Å². The number of rotatable bonds is 6. The Kier molecular flexibility index (Phi) is 8.43. The second-order valence-corrected chi connectivity index (χ2v) is 11.9. The lowest BCUT2D eigenvalue weighted by Crippen LogP contribution is -2.40. The Morgan fingerprint density at radius 1 is 0.812 bits per heavy atom. The average molecular weight is 765 g/mol. The summed E-state index contributed by atoms with van der Waals surface area (Å²) in [7, 11) is 1.41. The fraction of sp³-hybridized carbons (Fsp3) is 0.0588. The summed E-state index contributed by atoms with van der Waals surface area (Å²) in [5, 5.41) is 14.9. The number of para-hydroxylation sites is 1. The highest BCUT2D eigenvalue weighted by atomic mass is 127. The summed E-state index contributed by atoms with van der Waals surface area (Å²) in [5.74, 6) is -5.61. The first-order valence-corrected chi connectivity index (χ1v) is 15.2. The number of phenols is 1. The average Bonchev–Trinajstić information content (AvgIpc) is 3.06. The molecule has 0 atom stereocenters. The zero-order chi connectivity index (χ0) is 34.4. The fourth-order valence-electron chi connectivity index (χ4n) is 5.34. The Labute approximate surface area is 282 Å². The standard InChI is InChI=1S/C34H23F3IN5O5/c1-17-29-27(30(41(2)32(17)46)40-25-12-11-19(38)15-23(25)35)33(47)43(21-8-4-3-5-9-21)34(48)42(29)22-10-6-7-20(16-22)39-31(45)18-13-24(36)28(37)26(44)14-18/h3-16,40,44H,1-2H3,(H,39,45). The van der Waals surface area contributed by atoms with E-state index in [0.29, 0.717) is 9.64 Å². The molecule has 1 amide bonds. The zero-order valence-corrected chi connectivity index (χ0v) is 27.2. The highest BCUT2D eigenvalue weighted by Crippen LogP contribution is 2.29. The van der Waals surface area contributed by atoms with Crippen LogP contribution in [0.1, 0.15) is 15.9 Å². The van der Waals surface area contributed by atoms with Gasteiger partial charge in [0, 0.05) is 27.4 Å². The van der Waals surface area contributed by atoms with Crippen LogP contribution in [0, 0.1) is 27.9 Å². The highest BCUT2D eigenvalue weighted by Gasteiger charge is 2.25. The molecule has 0 unspecified atom stereocenters. The number of amides is 1. The monoisotopic (exact) mass is 765 g/mol. The highest BCUT2D eigenvalue weighted by molar-refractivity contribution is 14.1. The molecule has 0 fully saturated rings. The smallest absolute Gasteiger partial charge is 0.340 e. The van der Waals surface area contributed by atoms with Crippen molar-refractivity contribution in [1.82, 2.24) is 13.7 Å². The van der Waals surface area contributed by atoms with Gasteiger partial charge in [-0.05, 0) is 90.2 Å². The number of nitrogens with one attached hydrogen (secondary N) is 2. The van der Waals surface area contributed by atoms with Gasteiger partial charge in [-0.1, -0.05) is 24.3 Å². The van der Waals surface area contributed by atoms with E-state index in [4.69, 9.17) is 0 Å². The zero-order valence-electron chi connectivity index (χ0n) is 25.0. The summed E-state index contributed by atoms with van der Waals surface area (Å²) >= 11 is 1.95. The van der Waals surface area contributed by atoms with E-state index >= 15 is 4.39 Å². The molecule has 3 N–H and O–H groups in total. The number of carbonyl (C=O) groups is 1. The van der Waals surface area contributed by atoms with Crippen LogP contribution in [0.3, 0.4) is 0 Å². The molecule has 6 aromatic rings. The van der Waals surface area contributed by atoms with Crippen molar-refractivity contribution in [3.63, 3.8) is 0 Å². The maximum Gasteiger partial charge on any atom is 0.340 e. The molecule has 10 nitrogen and oxygen atoms in total. The summed E-state index contributed by atoms with van der Waals surface area (Å²) < 4.78 is 46.4. The third-order valence-corrected chi connectivity index (χ3v) is 8.32. The van der Waals surface area contributed by atoms with Gasteiger partial charge < -0.3 is 15.7 Å². The number of aromatic hydroxyl groups is 1. The second kappa shape index (κ2) is 12.5. The Morgan fingerprint density at radius 2 is 1.52 bits per heavy atom. The van der Waals surface area contributed by atoms with E-state index in [9.17, 15) is 33.1 Å². The van der Waals surface area contributed by atoms with E-state index in [2.05, 4.69) is 10.6 Å². The molecule has 2 aromatic heterocycles. The third kappa shape index (κ3) is 5.63. The quantitative estimate of drug-likeness (QED) is 0.182. The lowest BCUT2D eigenvalue weighted by atomic mass is 10.1. The Bertz CT molecular complexity index is 2460.